The van der Waals surface area contributed by atoms with Gasteiger partial charge in [0.05, 0.1) is 24.5 Å². The molecular weight excluding hydrogens is 376 g/mol. The third-order valence-corrected chi connectivity index (χ3v) is 4.83. The van der Waals surface area contributed by atoms with Gasteiger partial charge in [0.25, 0.3) is 5.56 Å². The third-order valence-electron chi connectivity index (χ3n) is 4.83. The summed E-state index contributed by atoms with van der Waals surface area (Å²) in [5.74, 6) is -1.45. The lowest BCUT2D eigenvalue weighted by Gasteiger charge is -2.12. The average Bonchev–Trinajstić information content (AvgIpc) is 3.19. The van der Waals surface area contributed by atoms with E-state index in [0.29, 0.717) is 22.2 Å². The van der Waals surface area contributed by atoms with Gasteiger partial charge in [-0.15, -0.1) is 0 Å². The van der Waals surface area contributed by atoms with E-state index in [-0.39, 0.29) is 12.1 Å². The molecule has 0 amide bonds. The van der Waals surface area contributed by atoms with Crippen molar-refractivity contribution in [3.8, 4) is 11.1 Å². The molecule has 0 atom stereocenters. The minimum Gasteiger partial charge on any atom is -0.306 e. The third kappa shape index (κ3) is 2.94. The van der Waals surface area contributed by atoms with Gasteiger partial charge in [0, 0.05) is 30.4 Å². The van der Waals surface area contributed by atoms with E-state index in [4.69, 9.17) is 0 Å². The fourth-order valence-electron chi connectivity index (χ4n) is 3.35. The van der Waals surface area contributed by atoms with Crippen molar-refractivity contribution in [3.05, 3.63) is 95.1 Å². The van der Waals surface area contributed by atoms with Gasteiger partial charge in [0.15, 0.2) is 0 Å². The Balaban J connectivity index is 1.59. The summed E-state index contributed by atoms with van der Waals surface area (Å²) in [6, 6.07) is 7.66. The number of aromatic nitrogens is 5. The van der Waals surface area contributed by atoms with Crippen LogP contribution in [0.1, 0.15) is 5.56 Å². The Morgan fingerprint density at radius 1 is 0.931 bits per heavy atom. The lowest BCUT2D eigenvalue weighted by atomic mass is 10.0. The maximum absolute atomic E-state index is 14.9. The summed E-state index contributed by atoms with van der Waals surface area (Å²) in [4.78, 5) is 24.4. The summed E-state index contributed by atoms with van der Waals surface area (Å²) in [5.41, 5.74) is 2.08. The molecule has 142 valence electrons. The van der Waals surface area contributed by atoms with E-state index in [1.807, 2.05) is 0 Å². The first-order chi connectivity index (χ1) is 14.1. The lowest BCUT2D eigenvalue weighted by molar-refractivity contribution is 0.545. The highest BCUT2D eigenvalue weighted by molar-refractivity contribution is 5.73. The Hall–Kier alpha value is -3.94. The molecule has 0 aliphatic carbocycles. The Morgan fingerprint density at radius 2 is 1.76 bits per heavy atom. The molecule has 0 unspecified atom stereocenters. The summed E-state index contributed by atoms with van der Waals surface area (Å²) in [7, 11) is 0. The van der Waals surface area contributed by atoms with Crippen LogP contribution in [0.15, 0.2) is 72.3 Å². The molecule has 0 fully saturated rings. The highest BCUT2D eigenvalue weighted by atomic mass is 19.1. The van der Waals surface area contributed by atoms with E-state index in [2.05, 4.69) is 15.0 Å². The van der Waals surface area contributed by atoms with E-state index < -0.39 is 17.2 Å². The number of fused-ring (bicyclic) bond motifs is 2. The highest BCUT2D eigenvalue weighted by Crippen LogP contribution is 2.25. The van der Waals surface area contributed by atoms with Gasteiger partial charge in [-0.05, 0) is 41.5 Å². The van der Waals surface area contributed by atoms with Gasteiger partial charge in [-0.25, -0.2) is 18.7 Å². The van der Waals surface area contributed by atoms with Crippen molar-refractivity contribution in [2.45, 2.75) is 6.54 Å². The van der Waals surface area contributed by atoms with Gasteiger partial charge in [-0.3, -0.25) is 9.78 Å². The smallest absolute Gasteiger partial charge is 0.269 e. The number of nitrogens with zero attached hydrogens (tertiary/aromatic N) is 5. The zero-order chi connectivity index (χ0) is 20.0. The molecule has 0 aliphatic heterocycles. The number of hydrogen-bond donors (Lipinski definition) is 0. The van der Waals surface area contributed by atoms with E-state index >= 15 is 0 Å². The van der Waals surface area contributed by atoms with E-state index in [1.54, 1.807) is 41.2 Å². The van der Waals surface area contributed by atoms with E-state index in [1.165, 1.54) is 29.1 Å². The second-order valence-corrected chi connectivity index (χ2v) is 6.58. The van der Waals surface area contributed by atoms with E-state index in [9.17, 15) is 13.6 Å². The Morgan fingerprint density at radius 3 is 2.59 bits per heavy atom. The molecule has 0 spiro atoms. The fourth-order valence-corrected chi connectivity index (χ4v) is 3.35. The maximum atomic E-state index is 14.9. The minimum atomic E-state index is -0.725. The van der Waals surface area contributed by atoms with Crippen LogP contribution in [0, 0.1) is 11.6 Å². The number of pyridine rings is 2. The molecule has 0 saturated carbocycles. The van der Waals surface area contributed by atoms with Gasteiger partial charge in [0.2, 0.25) is 0 Å². The molecule has 0 saturated heterocycles. The summed E-state index contributed by atoms with van der Waals surface area (Å²) < 4.78 is 32.8. The van der Waals surface area contributed by atoms with Gasteiger partial charge in [0.1, 0.15) is 22.8 Å². The lowest BCUT2D eigenvalue weighted by Crippen LogP contribution is -2.22. The van der Waals surface area contributed by atoms with Gasteiger partial charge in [-0.1, -0.05) is 0 Å². The number of hydrogen-bond acceptors (Lipinski definition) is 4. The molecular formula is C21H13F2N5O. The number of halogens is 2. The molecule has 8 heteroatoms. The first kappa shape index (κ1) is 17.2. The van der Waals surface area contributed by atoms with Crippen molar-refractivity contribution in [2.24, 2.45) is 0 Å². The zero-order valence-electron chi connectivity index (χ0n) is 15.0. The quantitative estimate of drug-likeness (QED) is 0.474. The first-order valence-electron chi connectivity index (χ1n) is 8.81. The average molecular weight is 389 g/mol. The zero-order valence-corrected chi connectivity index (χ0v) is 15.0. The van der Waals surface area contributed by atoms with Gasteiger partial charge >= 0.3 is 0 Å². The van der Waals surface area contributed by atoms with Crippen LogP contribution in [0.25, 0.3) is 27.8 Å². The summed E-state index contributed by atoms with van der Waals surface area (Å²) in [6.07, 6.45) is 9.28. The predicted octanol–water partition coefficient (Wildman–Crippen LogP) is 3.43. The molecule has 6 nitrogen and oxygen atoms in total. The number of benzene rings is 1. The first-order valence-corrected chi connectivity index (χ1v) is 8.81. The van der Waals surface area contributed by atoms with Crippen LogP contribution in [0.5, 0.6) is 0 Å². The summed E-state index contributed by atoms with van der Waals surface area (Å²) in [6.45, 7) is -0.250. The van der Waals surface area contributed by atoms with Crippen molar-refractivity contribution >= 4 is 16.7 Å². The van der Waals surface area contributed by atoms with Crippen LogP contribution in [0.4, 0.5) is 8.78 Å². The molecule has 5 rings (SSSR count). The van der Waals surface area contributed by atoms with Gasteiger partial charge in [-0.2, -0.15) is 0 Å². The Labute approximate surface area is 162 Å². The fraction of sp³-hybridized carbons (Fsp3) is 0.0476. The molecule has 1 aromatic carbocycles. The van der Waals surface area contributed by atoms with Crippen molar-refractivity contribution < 1.29 is 8.78 Å². The van der Waals surface area contributed by atoms with Crippen molar-refractivity contribution in [1.82, 2.24) is 23.9 Å². The monoisotopic (exact) mass is 389 g/mol. The Bertz CT molecular complexity index is 1420. The second kappa shape index (κ2) is 6.59. The standard InChI is InChI=1S/C21H13F2N5O/c22-16-7-14(13-1-2-20-25-5-6-27(20)11-13)8-17(23)15(16)12-28-19-3-4-24-9-18(19)26-10-21(28)29/h1-11H,12H2. The van der Waals surface area contributed by atoms with Crippen LogP contribution >= 0.6 is 0 Å². The van der Waals surface area contributed by atoms with Crippen LogP contribution in [-0.4, -0.2) is 23.9 Å². The van der Waals surface area contributed by atoms with Crippen molar-refractivity contribution in [3.63, 3.8) is 0 Å². The maximum Gasteiger partial charge on any atom is 0.269 e. The number of imidazole rings is 1. The van der Waals surface area contributed by atoms with Gasteiger partial charge < -0.3 is 8.97 Å². The molecule has 0 bridgehead atoms. The highest BCUT2D eigenvalue weighted by Gasteiger charge is 2.15. The molecule has 5 aromatic rings. The van der Waals surface area contributed by atoms with Crippen LogP contribution < -0.4 is 5.56 Å². The molecule has 0 aliphatic rings. The van der Waals surface area contributed by atoms with Crippen molar-refractivity contribution in [2.75, 3.05) is 0 Å². The minimum absolute atomic E-state index is 0.191. The van der Waals surface area contributed by atoms with Crippen LogP contribution in [-0.2, 0) is 6.54 Å². The molecule has 0 radical (unpaired) electrons. The topological polar surface area (TPSA) is 65.1 Å². The largest absolute Gasteiger partial charge is 0.306 e. The van der Waals surface area contributed by atoms with Crippen molar-refractivity contribution in [1.29, 1.82) is 0 Å². The van der Waals surface area contributed by atoms with E-state index in [0.717, 1.165) is 11.8 Å². The van der Waals surface area contributed by atoms with Crippen LogP contribution in [0.2, 0.25) is 0 Å². The SMILES string of the molecule is O=c1cnc2cnccc2n1Cc1c(F)cc(-c2ccc3nccn3c2)cc1F. The molecule has 4 heterocycles. The second-order valence-electron chi connectivity index (χ2n) is 6.58. The van der Waals surface area contributed by atoms with Crippen LogP contribution in [0.3, 0.4) is 0 Å². The number of rotatable bonds is 3. The molecule has 29 heavy (non-hydrogen) atoms. The predicted molar refractivity (Wildman–Crippen MR) is 103 cm³/mol. The summed E-state index contributed by atoms with van der Waals surface area (Å²) >= 11 is 0. The summed E-state index contributed by atoms with van der Waals surface area (Å²) in [5, 5.41) is 0. The molecule has 4 aromatic heterocycles. The molecule has 0 N–H and O–H groups in total. The normalized spacial score (nSPS) is 11.4. The Kier molecular flexibility index (Phi) is 3.90.